The molecule has 7 nitrogen and oxygen atoms in total. The zero-order valence-electron chi connectivity index (χ0n) is 17.2. The summed E-state index contributed by atoms with van der Waals surface area (Å²) in [7, 11) is 4.70. The summed E-state index contributed by atoms with van der Waals surface area (Å²) < 4.78 is 18.1. The minimum Gasteiger partial charge on any atom is -0.493 e. The summed E-state index contributed by atoms with van der Waals surface area (Å²) in [6.45, 7) is 1.92. The Labute approximate surface area is 179 Å². The molecule has 8 heteroatoms. The molecule has 3 aromatic rings. The van der Waals surface area contributed by atoms with Gasteiger partial charge in [-0.25, -0.2) is 4.68 Å². The molecule has 0 spiro atoms. The van der Waals surface area contributed by atoms with Gasteiger partial charge in [-0.3, -0.25) is 4.79 Å². The van der Waals surface area contributed by atoms with Crippen LogP contribution in [0.3, 0.4) is 0 Å². The summed E-state index contributed by atoms with van der Waals surface area (Å²) in [5.74, 6) is 1.91. The third-order valence-corrected chi connectivity index (χ3v) is 5.79. The number of halogens is 1. The first-order valence-corrected chi connectivity index (χ1v) is 9.79. The number of carbonyl (C=O) groups is 1. The van der Waals surface area contributed by atoms with Crippen LogP contribution in [0.1, 0.15) is 29.0 Å². The van der Waals surface area contributed by atoms with E-state index in [1.54, 1.807) is 32.2 Å². The molecule has 156 valence electrons. The number of benzene rings is 2. The Kier molecular flexibility index (Phi) is 5.30. The molecule has 30 heavy (non-hydrogen) atoms. The van der Waals surface area contributed by atoms with Gasteiger partial charge in [-0.05, 0) is 42.3 Å². The van der Waals surface area contributed by atoms with E-state index in [2.05, 4.69) is 10.4 Å². The van der Waals surface area contributed by atoms with Crippen molar-refractivity contribution in [3.05, 3.63) is 58.2 Å². The number of amides is 1. The fourth-order valence-corrected chi connectivity index (χ4v) is 4.00. The molecule has 0 aliphatic carbocycles. The van der Waals surface area contributed by atoms with Crippen LogP contribution in [0.5, 0.6) is 17.2 Å². The summed E-state index contributed by atoms with van der Waals surface area (Å²) in [4.78, 5) is 12.6. The molecule has 2 heterocycles. The molecule has 1 aliphatic rings. The number of nitrogens with zero attached hydrogens (tertiary/aromatic N) is 2. The first kappa shape index (κ1) is 20.1. The van der Waals surface area contributed by atoms with Crippen molar-refractivity contribution in [2.75, 3.05) is 26.6 Å². The van der Waals surface area contributed by atoms with Crippen molar-refractivity contribution in [3.8, 4) is 22.9 Å². The standard InChI is InChI=1S/C22H22ClN3O4/c1-12-16(23)6-5-7-17(12)26-22-15(11-24-26)14(10-20(27)25-22)13-8-18(28-2)21(30-4)19(9-13)29-3/h5-9,11,14H,10H2,1-4H3,(H,25,27)/t14-/m1/s1. The average Bonchev–Trinajstić information content (AvgIpc) is 3.17. The Balaban J connectivity index is 1.86. The molecule has 1 aliphatic heterocycles. The van der Waals surface area contributed by atoms with Crippen LogP contribution in [0, 0.1) is 6.92 Å². The molecule has 0 saturated carbocycles. The van der Waals surface area contributed by atoms with Crippen LogP contribution in [0.25, 0.3) is 5.69 Å². The Morgan fingerprint density at radius 2 is 1.83 bits per heavy atom. The first-order valence-electron chi connectivity index (χ1n) is 9.41. The highest BCUT2D eigenvalue weighted by molar-refractivity contribution is 6.31. The van der Waals surface area contributed by atoms with Gasteiger partial charge in [0.15, 0.2) is 11.5 Å². The molecule has 0 bridgehead atoms. The van der Waals surface area contributed by atoms with Gasteiger partial charge in [0.2, 0.25) is 11.7 Å². The van der Waals surface area contributed by atoms with E-state index < -0.39 is 0 Å². The fourth-order valence-electron chi connectivity index (χ4n) is 3.83. The molecular weight excluding hydrogens is 406 g/mol. The van der Waals surface area contributed by atoms with E-state index in [9.17, 15) is 4.79 Å². The van der Waals surface area contributed by atoms with Gasteiger partial charge in [-0.15, -0.1) is 0 Å². The molecule has 1 N–H and O–H groups in total. The van der Waals surface area contributed by atoms with Crippen LogP contribution in [0.15, 0.2) is 36.5 Å². The minimum absolute atomic E-state index is 0.0947. The Morgan fingerprint density at radius 1 is 1.13 bits per heavy atom. The van der Waals surface area contributed by atoms with Crippen molar-refractivity contribution >= 4 is 23.3 Å². The van der Waals surface area contributed by atoms with Gasteiger partial charge in [0.05, 0.1) is 33.2 Å². The highest BCUT2D eigenvalue weighted by atomic mass is 35.5. The van der Waals surface area contributed by atoms with Crippen molar-refractivity contribution in [3.63, 3.8) is 0 Å². The number of fused-ring (bicyclic) bond motifs is 1. The molecule has 4 rings (SSSR count). The predicted molar refractivity (Wildman–Crippen MR) is 114 cm³/mol. The van der Waals surface area contributed by atoms with Crippen molar-refractivity contribution < 1.29 is 19.0 Å². The largest absolute Gasteiger partial charge is 0.493 e. The smallest absolute Gasteiger partial charge is 0.226 e. The van der Waals surface area contributed by atoms with Crippen LogP contribution >= 0.6 is 11.6 Å². The monoisotopic (exact) mass is 427 g/mol. The van der Waals surface area contributed by atoms with E-state index in [4.69, 9.17) is 25.8 Å². The second-order valence-electron chi connectivity index (χ2n) is 7.01. The number of ether oxygens (including phenoxy) is 3. The van der Waals surface area contributed by atoms with Crippen molar-refractivity contribution in [2.24, 2.45) is 0 Å². The molecular formula is C22H22ClN3O4. The number of nitrogens with one attached hydrogen (secondary N) is 1. The molecule has 1 aromatic heterocycles. The van der Waals surface area contributed by atoms with Gasteiger partial charge in [0.1, 0.15) is 5.82 Å². The highest BCUT2D eigenvalue weighted by Crippen LogP contribution is 2.45. The fraction of sp³-hybridized carbons (Fsp3) is 0.273. The van der Waals surface area contributed by atoms with Crippen LogP contribution in [-0.2, 0) is 4.79 Å². The van der Waals surface area contributed by atoms with E-state index in [0.29, 0.717) is 28.1 Å². The average molecular weight is 428 g/mol. The van der Waals surface area contributed by atoms with Crippen LogP contribution in [-0.4, -0.2) is 37.0 Å². The summed E-state index contributed by atoms with van der Waals surface area (Å²) in [5, 5.41) is 8.16. The molecule has 0 saturated heterocycles. The number of rotatable bonds is 5. The quantitative estimate of drug-likeness (QED) is 0.655. The molecule has 0 unspecified atom stereocenters. The topological polar surface area (TPSA) is 74.6 Å². The zero-order valence-corrected chi connectivity index (χ0v) is 17.9. The maximum Gasteiger partial charge on any atom is 0.226 e. The second-order valence-corrected chi connectivity index (χ2v) is 7.42. The predicted octanol–water partition coefficient (Wildman–Crippen LogP) is 4.33. The number of aromatic nitrogens is 2. The van der Waals surface area contributed by atoms with Gasteiger partial charge in [0, 0.05) is 22.9 Å². The van der Waals surface area contributed by atoms with E-state index in [0.717, 1.165) is 22.4 Å². The van der Waals surface area contributed by atoms with Crippen molar-refractivity contribution in [1.29, 1.82) is 0 Å². The molecule has 2 aromatic carbocycles. The van der Waals surface area contributed by atoms with Gasteiger partial charge in [-0.1, -0.05) is 17.7 Å². The normalized spacial score (nSPS) is 15.4. The third kappa shape index (κ3) is 3.25. The maximum atomic E-state index is 12.6. The Hall–Kier alpha value is -3.19. The lowest BCUT2D eigenvalue weighted by atomic mass is 9.87. The van der Waals surface area contributed by atoms with Crippen LogP contribution in [0.2, 0.25) is 5.02 Å². The lowest BCUT2D eigenvalue weighted by Crippen LogP contribution is -2.24. The minimum atomic E-state index is -0.212. The number of carbonyl (C=O) groups excluding carboxylic acids is 1. The molecule has 1 atom stereocenters. The zero-order chi connectivity index (χ0) is 21.4. The van der Waals surface area contributed by atoms with Crippen LogP contribution < -0.4 is 19.5 Å². The summed E-state index contributed by atoms with van der Waals surface area (Å²) in [6, 6.07) is 9.35. The molecule has 0 radical (unpaired) electrons. The van der Waals surface area contributed by atoms with Crippen molar-refractivity contribution in [2.45, 2.75) is 19.3 Å². The van der Waals surface area contributed by atoms with Crippen LogP contribution in [0.4, 0.5) is 5.82 Å². The van der Waals surface area contributed by atoms with E-state index in [1.807, 2.05) is 37.3 Å². The number of anilines is 1. The summed E-state index contributed by atoms with van der Waals surface area (Å²) in [6.07, 6.45) is 2.06. The molecule has 0 fully saturated rings. The SMILES string of the molecule is COc1cc([C@H]2CC(=O)Nc3c2cnn3-c2cccc(Cl)c2C)cc(OC)c1OC. The summed E-state index contributed by atoms with van der Waals surface area (Å²) >= 11 is 6.29. The van der Waals surface area contributed by atoms with Gasteiger partial charge < -0.3 is 19.5 Å². The van der Waals surface area contributed by atoms with Crippen molar-refractivity contribution in [1.82, 2.24) is 9.78 Å². The number of methoxy groups -OCH3 is 3. The lowest BCUT2D eigenvalue weighted by molar-refractivity contribution is -0.116. The lowest BCUT2D eigenvalue weighted by Gasteiger charge is -2.25. The van der Waals surface area contributed by atoms with Gasteiger partial charge >= 0.3 is 0 Å². The number of hydrogen-bond acceptors (Lipinski definition) is 5. The Bertz CT molecular complexity index is 1100. The van der Waals surface area contributed by atoms with E-state index >= 15 is 0 Å². The highest BCUT2D eigenvalue weighted by Gasteiger charge is 2.32. The second kappa shape index (κ2) is 7.91. The third-order valence-electron chi connectivity index (χ3n) is 5.38. The maximum absolute atomic E-state index is 12.6. The van der Waals surface area contributed by atoms with Gasteiger partial charge in [0.25, 0.3) is 0 Å². The van der Waals surface area contributed by atoms with Gasteiger partial charge in [-0.2, -0.15) is 5.10 Å². The molecule has 1 amide bonds. The summed E-state index contributed by atoms with van der Waals surface area (Å²) in [5.41, 5.74) is 3.48. The Morgan fingerprint density at radius 3 is 2.47 bits per heavy atom. The number of hydrogen-bond donors (Lipinski definition) is 1. The first-order chi connectivity index (χ1) is 14.5. The van der Waals surface area contributed by atoms with E-state index in [1.165, 1.54) is 0 Å². The van der Waals surface area contributed by atoms with E-state index in [-0.39, 0.29) is 18.2 Å².